The van der Waals surface area contributed by atoms with Crippen molar-refractivity contribution in [2.45, 2.75) is 9.10 Å². The molecule has 0 radical (unpaired) electrons. The quantitative estimate of drug-likeness (QED) is 0.273. The molecule has 5 rings (SSSR count). The molecule has 11 heteroatoms. The number of aromatic hydroxyl groups is 2. The SMILES string of the molecule is Nc1c(S(=O)(=O)c2cccs2)c2nc3ccccc3nc2n1/N=C\c1ccc(O)c(O)c1. The fourth-order valence-corrected chi connectivity index (χ4v) is 5.85. The molecule has 0 atom stereocenters. The molecule has 9 nitrogen and oxygen atoms in total. The molecule has 0 aliphatic carbocycles. The third-order valence-electron chi connectivity index (χ3n) is 4.78. The van der Waals surface area contributed by atoms with Gasteiger partial charge in [-0.1, -0.05) is 18.2 Å². The molecule has 0 aliphatic heterocycles. The van der Waals surface area contributed by atoms with Crippen molar-refractivity contribution in [1.82, 2.24) is 14.6 Å². The van der Waals surface area contributed by atoms with Crippen LogP contribution in [0.1, 0.15) is 5.56 Å². The molecule has 0 spiro atoms. The maximum Gasteiger partial charge on any atom is 0.221 e. The highest BCUT2D eigenvalue weighted by Gasteiger charge is 2.31. The lowest BCUT2D eigenvalue weighted by atomic mass is 10.2. The molecule has 0 unspecified atom stereocenters. The van der Waals surface area contributed by atoms with Gasteiger partial charge in [0, 0.05) is 0 Å². The van der Waals surface area contributed by atoms with Crippen molar-refractivity contribution in [3.8, 4) is 11.5 Å². The first kappa shape index (κ1) is 20.0. The van der Waals surface area contributed by atoms with Gasteiger partial charge in [-0.05, 0) is 47.3 Å². The van der Waals surface area contributed by atoms with Crippen LogP contribution in [0, 0.1) is 0 Å². The summed E-state index contributed by atoms with van der Waals surface area (Å²) in [7, 11) is -3.97. The first-order valence-electron chi connectivity index (χ1n) is 9.28. The van der Waals surface area contributed by atoms with Crippen molar-refractivity contribution < 1.29 is 18.6 Å². The lowest BCUT2D eigenvalue weighted by Gasteiger charge is -2.02. The number of phenols is 2. The lowest BCUT2D eigenvalue weighted by molar-refractivity contribution is 0.403. The largest absolute Gasteiger partial charge is 0.504 e. The van der Waals surface area contributed by atoms with Gasteiger partial charge in [0.05, 0.1) is 17.2 Å². The Hall–Kier alpha value is -3.96. The van der Waals surface area contributed by atoms with Crippen LogP contribution in [0.3, 0.4) is 0 Å². The summed E-state index contributed by atoms with van der Waals surface area (Å²) >= 11 is 1.08. The summed E-state index contributed by atoms with van der Waals surface area (Å²) in [6.45, 7) is 0. The monoisotopic (exact) mass is 465 g/mol. The Morgan fingerprint density at radius 1 is 1.00 bits per heavy atom. The van der Waals surface area contributed by atoms with E-state index in [1.807, 2.05) is 0 Å². The standard InChI is InChI=1S/C21H15N5O4S2/c22-20-19(32(29,30)17-6-3-9-31-17)18-21(25-14-5-2-1-4-13(14)24-18)26(20)23-11-12-7-8-15(27)16(28)10-12/h1-11,27-28H,22H2/b23-11-. The Balaban J connectivity index is 1.79. The minimum Gasteiger partial charge on any atom is -0.504 e. The molecule has 2 aromatic carbocycles. The summed E-state index contributed by atoms with van der Waals surface area (Å²) in [5.74, 6) is -0.719. The fourth-order valence-electron chi connectivity index (χ4n) is 3.27. The smallest absolute Gasteiger partial charge is 0.221 e. The minimum atomic E-state index is -3.97. The Labute approximate surface area is 185 Å². The first-order valence-corrected chi connectivity index (χ1v) is 11.6. The van der Waals surface area contributed by atoms with Gasteiger partial charge in [-0.25, -0.2) is 18.4 Å². The maximum atomic E-state index is 13.4. The van der Waals surface area contributed by atoms with Crippen molar-refractivity contribution in [2.75, 3.05) is 5.73 Å². The topological polar surface area (TPSA) is 144 Å². The van der Waals surface area contributed by atoms with E-state index in [2.05, 4.69) is 15.1 Å². The van der Waals surface area contributed by atoms with Gasteiger partial charge < -0.3 is 15.9 Å². The molecule has 32 heavy (non-hydrogen) atoms. The second-order valence-corrected chi connectivity index (χ2v) is 9.90. The van der Waals surface area contributed by atoms with Gasteiger partial charge in [-0.2, -0.15) is 9.78 Å². The van der Waals surface area contributed by atoms with E-state index in [4.69, 9.17) is 5.73 Å². The summed E-state index contributed by atoms with van der Waals surface area (Å²) in [4.78, 5) is 8.92. The van der Waals surface area contributed by atoms with E-state index in [1.54, 1.807) is 35.7 Å². The molecule has 0 bridgehead atoms. The highest BCUT2D eigenvalue weighted by molar-refractivity contribution is 7.93. The van der Waals surface area contributed by atoms with Crippen molar-refractivity contribution in [3.05, 3.63) is 65.5 Å². The number of hydrogen-bond donors (Lipinski definition) is 3. The number of para-hydroxylation sites is 2. The first-order chi connectivity index (χ1) is 15.4. The van der Waals surface area contributed by atoms with Crippen LogP contribution < -0.4 is 5.73 Å². The molecular formula is C21H15N5O4S2. The van der Waals surface area contributed by atoms with Crippen LogP contribution in [0.2, 0.25) is 0 Å². The van der Waals surface area contributed by atoms with Crippen molar-refractivity contribution >= 4 is 55.4 Å². The number of anilines is 1. The number of nitrogens with zero attached hydrogens (tertiary/aromatic N) is 4. The van der Waals surface area contributed by atoms with Gasteiger partial charge in [0.15, 0.2) is 17.1 Å². The number of thiophene rings is 1. The Kier molecular flexibility index (Phi) is 4.57. The van der Waals surface area contributed by atoms with E-state index in [0.29, 0.717) is 16.6 Å². The van der Waals surface area contributed by atoms with Crippen LogP contribution in [-0.4, -0.2) is 39.5 Å². The predicted octanol–water partition coefficient (Wildman–Crippen LogP) is 3.35. The molecule has 4 N–H and O–H groups in total. The molecular weight excluding hydrogens is 450 g/mol. The number of benzene rings is 2. The Bertz CT molecular complexity index is 1620. The van der Waals surface area contributed by atoms with Gasteiger partial charge in [0.1, 0.15) is 20.4 Å². The summed E-state index contributed by atoms with van der Waals surface area (Å²) in [5.41, 5.74) is 8.11. The number of fused-ring (bicyclic) bond motifs is 2. The number of nitrogen functional groups attached to an aromatic ring is 1. The molecule has 3 heterocycles. The van der Waals surface area contributed by atoms with Gasteiger partial charge >= 0.3 is 0 Å². The Morgan fingerprint density at radius 3 is 2.44 bits per heavy atom. The van der Waals surface area contributed by atoms with Crippen LogP contribution >= 0.6 is 11.3 Å². The van der Waals surface area contributed by atoms with Crippen molar-refractivity contribution in [2.24, 2.45) is 5.10 Å². The molecule has 0 fully saturated rings. The fraction of sp³-hybridized carbons (Fsp3) is 0. The van der Waals surface area contributed by atoms with Crippen LogP contribution in [-0.2, 0) is 9.84 Å². The van der Waals surface area contributed by atoms with Gasteiger partial charge in [-0.3, -0.25) is 0 Å². The molecule has 0 amide bonds. The van der Waals surface area contributed by atoms with E-state index in [-0.39, 0.29) is 37.6 Å². The van der Waals surface area contributed by atoms with E-state index in [0.717, 1.165) is 11.3 Å². The molecule has 0 saturated carbocycles. The minimum absolute atomic E-state index is 0.111. The van der Waals surface area contributed by atoms with E-state index in [1.165, 1.54) is 35.2 Å². The Morgan fingerprint density at radius 2 is 1.75 bits per heavy atom. The van der Waals surface area contributed by atoms with Gasteiger partial charge in [0.2, 0.25) is 9.84 Å². The number of nitrogens with two attached hydrogens (primary N) is 1. The zero-order chi connectivity index (χ0) is 22.5. The van der Waals surface area contributed by atoms with Crippen molar-refractivity contribution in [3.63, 3.8) is 0 Å². The summed E-state index contributed by atoms with van der Waals surface area (Å²) < 4.78 is 28.1. The zero-order valence-corrected chi connectivity index (χ0v) is 17.9. The molecule has 0 aliphatic rings. The van der Waals surface area contributed by atoms with E-state index < -0.39 is 9.84 Å². The third kappa shape index (κ3) is 3.15. The second kappa shape index (κ2) is 7.32. The molecule has 3 aromatic heterocycles. The summed E-state index contributed by atoms with van der Waals surface area (Å²) in [6, 6.07) is 14.4. The van der Waals surface area contributed by atoms with Crippen LogP contribution in [0.4, 0.5) is 5.82 Å². The molecule has 160 valence electrons. The van der Waals surface area contributed by atoms with Gasteiger partial charge in [-0.15, -0.1) is 11.3 Å². The zero-order valence-electron chi connectivity index (χ0n) is 16.2. The maximum absolute atomic E-state index is 13.4. The number of rotatable bonds is 4. The van der Waals surface area contributed by atoms with E-state index in [9.17, 15) is 18.6 Å². The van der Waals surface area contributed by atoms with Gasteiger partial charge in [0.25, 0.3) is 0 Å². The molecule has 0 saturated heterocycles. The number of aromatic nitrogens is 3. The average Bonchev–Trinajstić information content (AvgIpc) is 3.40. The third-order valence-corrected chi connectivity index (χ3v) is 7.99. The van der Waals surface area contributed by atoms with Crippen LogP contribution in [0.15, 0.2) is 74.2 Å². The molecule has 5 aromatic rings. The highest BCUT2D eigenvalue weighted by atomic mass is 32.2. The van der Waals surface area contributed by atoms with Crippen LogP contribution in [0.5, 0.6) is 11.5 Å². The summed E-state index contributed by atoms with van der Waals surface area (Å²) in [6.07, 6.45) is 1.37. The normalized spacial score (nSPS) is 12.2. The van der Waals surface area contributed by atoms with Crippen LogP contribution in [0.25, 0.3) is 22.2 Å². The number of sulfone groups is 1. The van der Waals surface area contributed by atoms with E-state index >= 15 is 0 Å². The summed E-state index contributed by atoms with van der Waals surface area (Å²) in [5, 5.41) is 25.2. The highest BCUT2D eigenvalue weighted by Crippen LogP contribution is 2.36. The second-order valence-electron chi connectivity index (χ2n) is 6.84. The lowest BCUT2D eigenvalue weighted by Crippen LogP contribution is -2.05. The number of hydrogen-bond acceptors (Lipinski definition) is 9. The number of phenolic OH excluding ortho intramolecular Hbond substituents is 2. The predicted molar refractivity (Wildman–Crippen MR) is 122 cm³/mol. The van der Waals surface area contributed by atoms with Crippen molar-refractivity contribution in [1.29, 1.82) is 0 Å². The average molecular weight is 466 g/mol.